The number of rotatable bonds is 7. The van der Waals surface area contributed by atoms with Crippen LogP contribution in [0.1, 0.15) is 12.5 Å². The maximum absolute atomic E-state index is 4.67. The summed E-state index contributed by atoms with van der Waals surface area (Å²) in [5.41, 5.74) is 2.40. The van der Waals surface area contributed by atoms with E-state index in [9.17, 15) is 0 Å². The third-order valence-corrected chi connectivity index (χ3v) is 3.52. The Morgan fingerprint density at radius 1 is 1.12 bits per heavy atom. The number of hydrogen-bond donors (Lipinski definition) is 2. The van der Waals surface area contributed by atoms with Crippen LogP contribution >= 0.6 is 24.0 Å². The van der Waals surface area contributed by atoms with Gasteiger partial charge in [0.1, 0.15) is 0 Å². The molecule has 1 heterocycles. The molecule has 0 spiro atoms. The summed E-state index contributed by atoms with van der Waals surface area (Å²) in [4.78, 5) is 6.77. The fraction of sp³-hybridized carbons (Fsp3) is 0.389. The molecular weight excluding hydrogens is 413 g/mol. The Hall–Kier alpha value is -1.70. The fourth-order valence-corrected chi connectivity index (χ4v) is 2.27. The number of aliphatic imine (C=N–C) groups is 1. The van der Waals surface area contributed by atoms with Crippen LogP contribution in [0, 0.1) is 0 Å². The monoisotopic (exact) mass is 441 g/mol. The van der Waals surface area contributed by atoms with Crippen molar-refractivity contribution in [3.63, 3.8) is 0 Å². The van der Waals surface area contributed by atoms with Crippen molar-refractivity contribution in [3.8, 4) is 0 Å². The van der Waals surface area contributed by atoms with Crippen molar-refractivity contribution in [2.24, 2.45) is 4.99 Å². The summed E-state index contributed by atoms with van der Waals surface area (Å²) in [7, 11) is 4.10. The number of guanidine groups is 1. The zero-order valence-corrected chi connectivity index (χ0v) is 17.0. The Kier molecular flexibility index (Phi) is 9.29. The minimum atomic E-state index is 0. The predicted octanol–water partition coefficient (Wildman–Crippen LogP) is 2.93. The van der Waals surface area contributed by atoms with Crippen LogP contribution < -0.4 is 15.5 Å². The summed E-state index contributed by atoms with van der Waals surface area (Å²) < 4.78 is 2.15. The number of nitrogens with zero attached hydrogens (tertiary/aromatic N) is 3. The molecule has 6 heteroatoms. The average Bonchev–Trinajstić information content (AvgIpc) is 3.06. The summed E-state index contributed by atoms with van der Waals surface area (Å²) >= 11 is 0. The van der Waals surface area contributed by atoms with E-state index < -0.39 is 0 Å². The lowest BCUT2D eigenvalue weighted by Gasteiger charge is -2.14. The number of anilines is 1. The van der Waals surface area contributed by atoms with Gasteiger partial charge < -0.3 is 20.1 Å². The first kappa shape index (κ1) is 20.3. The molecule has 0 aliphatic heterocycles. The van der Waals surface area contributed by atoms with Gasteiger partial charge in [0.05, 0.1) is 6.54 Å². The number of halogens is 1. The van der Waals surface area contributed by atoms with Crippen molar-refractivity contribution < 1.29 is 0 Å². The van der Waals surface area contributed by atoms with Gasteiger partial charge >= 0.3 is 0 Å². The predicted molar refractivity (Wildman–Crippen MR) is 113 cm³/mol. The van der Waals surface area contributed by atoms with Gasteiger partial charge in [-0.05, 0) is 36.8 Å². The molecule has 0 saturated carbocycles. The topological polar surface area (TPSA) is 44.6 Å². The van der Waals surface area contributed by atoms with Crippen LogP contribution in [0.5, 0.6) is 0 Å². The lowest BCUT2D eigenvalue weighted by atomic mass is 10.2. The van der Waals surface area contributed by atoms with Gasteiger partial charge in [-0.1, -0.05) is 12.1 Å². The highest BCUT2D eigenvalue weighted by Crippen LogP contribution is 2.13. The smallest absolute Gasteiger partial charge is 0.191 e. The lowest BCUT2D eigenvalue weighted by molar-refractivity contribution is 0.666. The van der Waals surface area contributed by atoms with Gasteiger partial charge in [0.15, 0.2) is 5.96 Å². The van der Waals surface area contributed by atoms with Crippen LogP contribution in [0.25, 0.3) is 0 Å². The maximum Gasteiger partial charge on any atom is 0.191 e. The Morgan fingerprint density at radius 2 is 1.88 bits per heavy atom. The van der Waals surface area contributed by atoms with E-state index in [1.807, 2.05) is 12.1 Å². The molecule has 0 saturated heterocycles. The molecule has 2 rings (SSSR count). The SMILES string of the molecule is CCNC(=NCc1cccc(N(C)C)c1)NCCn1cccc1.I. The van der Waals surface area contributed by atoms with Gasteiger partial charge in [-0.15, -0.1) is 24.0 Å². The molecule has 2 N–H and O–H groups in total. The second-order valence-corrected chi connectivity index (χ2v) is 5.61. The molecule has 0 bridgehead atoms. The van der Waals surface area contributed by atoms with Crippen LogP contribution in [0.2, 0.25) is 0 Å². The second-order valence-electron chi connectivity index (χ2n) is 5.61. The van der Waals surface area contributed by atoms with E-state index in [0.717, 1.165) is 25.6 Å². The van der Waals surface area contributed by atoms with Crippen LogP contribution in [-0.2, 0) is 13.1 Å². The molecule has 0 unspecified atom stereocenters. The highest BCUT2D eigenvalue weighted by atomic mass is 127. The average molecular weight is 441 g/mol. The van der Waals surface area contributed by atoms with Gasteiger partial charge in [0, 0.05) is 51.8 Å². The third kappa shape index (κ3) is 6.82. The van der Waals surface area contributed by atoms with Gasteiger partial charge in [-0.3, -0.25) is 0 Å². The van der Waals surface area contributed by atoms with Crippen molar-refractivity contribution in [2.75, 3.05) is 32.1 Å². The molecule has 24 heavy (non-hydrogen) atoms. The summed E-state index contributed by atoms with van der Waals surface area (Å²) in [6, 6.07) is 12.5. The Labute approximate surface area is 162 Å². The molecule has 0 radical (unpaired) electrons. The zero-order valence-electron chi connectivity index (χ0n) is 14.7. The van der Waals surface area contributed by atoms with Crippen molar-refractivity contribution in [1.82, 2.24) is 15.2 Å². The molecule has 132 valence electrons. The van der Waals surface area contributed by atoms with E-state index in [1.165, 1.54) is 11.3 Å². The zero-order chi connectivity index (χ0) is 16.5. The summed E-state index contributed by atoms with van der Waals surface area (Å²) in [5, 5.41) is 6.66. The fourth-order valence-electron chi connectivity index (χ4n) is 2.27. The van der Waals surface area contributed by atoms with E-state index in [2.05, 4.69) is 82.8 Å². The lowest BCUT2D eigenvalue weighted by Crippen LogP contribution is -2.38. The molecule has 1 aromatic heterocycles. The molecule has 0 aliphatic carbocycles. The quantitative estimate of drug-likeness (QED) is 0.395. The summed E-state index contributed by atoms with van der Waals surface area (Å²) in [6.45, 7) is 5.37. The van der Waals surface area contributed by atoms with E-state index in [-0.39, 0.29) is 24.0 Å². The Morgan fingerprint density at radius 3 is 2.54 bits per heavy atom. The van der Waals surface area contributed by atoms with E-state index in [4.69, 9.17) is 0 Å². The van der Waals surface area contributed by atoms with Crippen LogP contribution in [-0.4, -0.2) is 37.7 Å². The standard InChI is InChI=1S/C18H27N5.HI/c1-4-19-18(20-10-13-23-11-5-6-12-23)21-15-16-8-7-9-17(14-16)22(2)3;/h5-9,11-12,14H,4,10,13,15H2,1-3H3,(H2,19,20,21);1H. The first-order valence-corrected chi connectivity index (χ1v) is 8.08. The molecule has 0 atom stereocenters. The largest absolute Gasteiger partial charge is 0.378 e. The number of benzene rings is 1. The van der Waals surface area contributed by atoms with Gasteiger partial charge in [-0.2, -0.15) is 0 Å². The highest BCUT2D eigenvalue weighted by molar-refractivity contribution is 14.0. The van der Waals surface area contributed by atoms with Gasteiger partial charge in [0.25, 0.3) is 0 Å². The summed E-state index contributed by atoms with van der Waals surface area (Å²) in [5.74, 6) is 0.856. The van der Waals surface area contributed by atoms with Crippen molar-refractivity contribution in [3.05, 3.63) is 54.4 Å². The molecule has 0 fully saturated rings. The molecule has 1 aromatic carbocycles. The third-order valence-electron chi connectivity index (χ3n) is 3.52. The van der Waals surface area contributed by atoms with E-state index in [1.54, 1.807) is 0 Å². The van der Waals surface area contributed by atoms with Gasteiger partial charge in [0.2, 0.25) is 0 Å². The molecule has 0 aliphatic rings. The molecule has 5 nitrogen and oxygen atoms in total. The van der Waals surface area contributed by atoms with Crippen LogP contribution in [0.15, 0.2) is 53.8 Å². The maximum atomic E-state index is 4.67. The Bertz CT molecular complexity index is 608. The minimum absolute atomic E-state index is 0. The van der Waals surface area contributed by atoms with Crippen LogP contribution in [0.4, 0.5) is 5.69 Å². The first-order valence-electron chi connectivity index (χ1n) is 8.08. The number of aromatic nitrogens is 1. The van der Waals surface area contributed by atoms with E-state index in [0.29, 0.717) is 6.54 Å². The Balaban J connectivity index is 0.00000288. The first-order chi connectivity index (χ1) is 11.2. The second kappa shape index (κ2) is 11.0. The van der Waals surface area contributed by atoms with Crippen molar-refractivity contribution in [1.29, 1.82) is 0 Å². The van der Waals surface area contributed by atoms with E-state index >= 15 is 0 Å². The molecule has 0 amide bonds. The normalized spacial score (nSPS) is 10.9. The molecular formula is C18H28IN5. The summed E-state index contributed by atoms with van der Waals surface area (Å²) in [6.07, 6.45) is 4.14. The van der Waals surface area contributed by atoms with Crippen LogP contribution in [0.3, 0.4) is 0 Å². The highest BCUT2D eigenvalue weighted by Gasteiger charge is 2.00. The van der Waals surface area contributed by atoms with Crippen molar-refractivity contribution in [2.45, 2.75) is 20.0 Å². The number of nitrogens with one attached hydrogen (secondary N) is 2. The minimum Gasteiger partial charge on any atom is -0.378 e. The number of hydrogen-bond acceptors (Lipinski definition) is 2. The molecule has 2 aromatic rings. The van der Waals surface area contributed by atoms with Crippen molar-refractivity contribution >= 4 is 35.6 Å². The van der Waals surface area contributed by atoms with Gasteiger partial charge in [-0.25, -0.2) is 4.99 Å².